The molecule has 0 aliphatic heterocycles. The molecule has 0 radical (unpaired) electrons. The molecule has 17 heavy (non-hydrogen) atoms. The van der Waals surface area contributed by atoms with Gasteiger partial charge in [-0.15, -0.1) is 0 Å². The van der Waals surface area contributed by atoms with Crippen LogP contribution in [-0.4, -0.2) is 12.6 Å². The van der Waals surface area contributed by atoms with E-state index in [9.17, 15) is 0 Å². The van der Waals surface area contributed by atoms with Crippen molar-refractivity contribution in [1.29, 1.82) is 0 Å². The molecule has 1 aromatic carbocycles. The number of benzene rings is 1. The molecule has 92 valence electrons. The number of rotatable bonds is 4. The SMILES string of the molecule is Cc1ccc(C2(CNC3CC3)CC(C)C2)cc1. The molecule has 3 rings (SSSR count). The summed E-state index contributed by atoms with van der Waals surface area (Å²) in [5, 5.41) is 3.73. The molecular weight excluding hydrogens is 206 g/mol. The number of hydrogen-bond donors (Lipinski definition) is 1. The van der Waals surface area contributed by atoms with Crippen LogP contribution >= 0.6 is 0 Å². The molecule has 2 aliphatic carbocycles. The lowest BCUT2D eigenvalue weighted by atomic mass is 9.59. The Morgan fingerprint density at radius 1 is 1.18 bits per heavy atom. The number of hydrogen-bond acceptors (Lipinski definition) is 1. The largest absolute Gasteiger partial charge is 0.313 e. The average molecular weight is 229 g/mol. The van der Waals surface area contributed by atoms with Gasteiger partial charge in [-0.1, -0.05) is 36.8 Å². The molecule has 2 saturated carbocycles. The van der Waals surface area contributed by atoms with E-state index in [0.717, 1.165) is 12.0 Å². The summed E-state index contributed by atoms with van der Waals surface area (Å²) in [6.07, 6.45) is 5.49. The minimum Gasteiger partial charge on any atom is -0.313 e. The monoisotopic (exact) mass is 229 g/mol. The van der Waals surface area contributed by atoms with E-state index in [2.05, 4.69) is 43.4 Å². The van der Waals surface area contributed by atoms with Crippen molar-refractivity contribution in [3.8, 4) is 0 Å². The van der Waals surface area contributed by atoms with Crippen molar-refractivity contribution in [2.75, 3.05) is 6.54 Å². The third-order valence-corrected chi connectivity index (χ3v) is 4.45. The lowest BCUT2D eigenvalue weighted by molar-refractivity contribution is 0.152. The summed E-state index contributed by atoms with van der Waals surface area (Å²) < 4.78 is 0. The minimum absolute atomic E-state index is 0.440. The molecule has 0 heterocycles. The summed E-state index contributed by atoms with van der Waals surface area (Å²) in [5.41, 5.74) is 3.36. The van der Waals surface area contributed by atoms with Gasteiger partial charge in [0.1, 0.15) is 0 Å². The van der Waals surface area contributed by atoms with Crippen molar-refractivity contribution < 1.29 is 0 Å². The molecule has 0 spiro atoms. The Kier molecular flexibility index (Phi) is 2.74. The molecule has 0 saturated heterocycles. The summed E-state index contributed by atoms with van der Waals surface area (Å²) >= 11 is 0. The zero-order valence-electron chi connectivity index (χ0n) is 11.0. The molecule has 1 nitrogen and oxygen atoms in total. The summed E-state index contributed by atoms with van der Waals surface area (Å²) in [7, 11) is 0. The lowest BCUT2D eigenvalue weighted by Crippen LogP contribution is -2.48. The Labute approximate surface area is 105 Å². The second-order valence-electron chi connectivity index (χ2n) is 6.31. The highest BCUT2D eigenvalue weighted by molar-refractivity contribution is 5.32. The van der Waals surface area contributed by atoms with Crippen molar-refractivity contribution in [2.24, 2.45) is 5.92 Å². The summed E-state index contributed by atoms with van der Waals surface area (Å²) in [5.74, 6) is 0.900. The first-order valence-corrected chi connectivity index (χ1v) is 6.98. The van der Waals surface area contributed by atoms with Crippen LogP contribution in [-0.2, 0) is 5.41 Å². The molecule has 0 aromatic heterocycles. The fourth-order valence-corrected chi connectivity index (χ4v) is 3.29. The highest BCUT2D eigenvalue weighted by Crippen LogP contribution is 2.47. The summed E-state index contributed by atoms with van der Waals surface area (Å²) in [4.78, 5) is 0. The van der Waals surface area contributed by atoms with Crippen LogP contribution in [0.2, 0.25) is 0 Å². The maximum atomic E-state index is 3.73. The van der Waals surface area contributed by atoms with E-state index in [4.69, 9.17) is 0 Å². The van der Waals surface area contributed by atoms with E-state index in [-0.39, 0.29) is 0 Å². The molecule has 1 N–H and O–H groups in total. The van der Waals surface area contributed by atoms with Gasteiger partial charge < -0.3 is 5.32 Å². The predicted octanol–water partition coefficient (Wildman–Crippen LogP) is 3.41. The maximum Gasteiger partial charge on any atom is 0.00829 e. The fourth-order valence-electron chi connectivity index (χ4n) is 3.29. The summed E-state index contributed by atoms with van der Waals surface area (Å²) in [6.45, 7) is 5.73. The summed E-state index contributed by atoms with van der Waals surface area (Å²) in [6, 6.07) is 10.0. The zero-order chi connectivity index (χ0) is 11.9. The quantitative estimate of drug-likeness (QED) is 0.834. The van der Waals surface area contributed by atoms with Crippen LogP contribution in [0.3, 0.4) is 0 Å². The van der Waals surface area contributed by atoms with Gasteiger partial charge in [-0.25, -0.2) is 0 Å². The second kappa shape index (κ2) is 4.13. The van der Waals surface area contributed by atoms with Crippen molar-refractivity contribution in [2.45, 2.75) is 51.0 Å². The smallest absolute Gasteiger partial charge is 0.00829 e. The number of aryl methyl sites for hydroxylation is 1. The van der Waals surface area contributed by atoms with Gasteiger partial charge in [0.05, 0.1) is 0 Å². The first kappa shape index (κ1) is 11.3. The van der Waals surface area contributed by atoms with Crippen molar-refractivity contribution in [1.82, 2.24) is 5.32 Å². The van der Waals surface area contributed by atoms with Gasteiger partial charge in [-0.05, 0) is 44.1 Å². The molecule has 0 atom stereocenters. The lowest BCUT2D eigenvalue weighted by Gasteiger charge is -2.47. The molecule has 2 aliphatic rings. The van der Waals surface area contributed by atoms with Crippen LogP contribution < -0.4 is 5.32 Å². The third kappa shape index (κ3) is 2.26. The van der Waals surface area contributed by atoms with Crippen LogP contribution in [0.1, 0.15) is 43.7 Å². The minimum atomic E-state index is 0.440. The Morgan fingerprint density at radius 2 is 1.82 bits per heavy atom. The second-order valence-corrected chi connectivity index (χ2v) is 6.31. The van der Waals surface area contributed by atoms with Crippen LogP contribution in [0.25, 0.3) is 0 Å². The highest BCUT2D eigenvalue weighted by Gasteiger charge is 2.43. The van der Waals surface area contributed by atoms with E-state index in [0.29, 0.717) is 5.41 Å². The van der Waals surface area contributed by atoms with Crippen molar-refractivity contribution in [3.63, 3.8) is 0 Å². The van der Waals surface area contributed by atoms with E-state index in [1.165, 1.54) is 37.8 Å². The Bertz CT molecular complexity index is 382. The fraction of sp³-hybridized carbons (Fsp3) is 0.625. The topological polar surface area (TPSA) is 12.0 Å². The first-order valence-electron chi connectivity index (χ1n) is 6.98. The van der Waals surface area contributed by atoms with Gasteiger partial charge in [-0.2, -0.15) is 0 Å². The predicted molar refractivity (Wildman–Crippen MR) is 72.3 cm³/mol. The average Bonchev–Trinajstić information content (AvgIpc) is 3.08. The van der Waals surface area contributed by atoms with E-state index < -0.39 is 0 Å². The van der Waals surface area contributed by atoms with Gasteiger partial charge in [0.2, 0.25) is 0 Å². The van der Waals surface area contributed by atoms with E-state index in [1.54, 1.807) is 5.56 Å². The van der Waals surface area contributed by atoms with Crippen molar-refractivity contribution in [3.05, 3.63) is 35.4 Å². The van der Waals surface area contributed by atoms with Gasteiger partial charge in [0.25, 0.3) is 0 Å². The molecule has 0 amide bonds. The highest BCUT2D eigenvalue weighted by atomic mass is 15.0. The Hall–Kier alpha value is -0.820. The van der Waals surface area contributed by atoms with Crippen molar-refractivity contribution >= 4 is 0 Å². The van der Waals surface area contributed by atoms with E-state index in [1.807, 2.05) is 0 Å². The molecule has 1 aromatic rings. The number of nitrogens with one attached hydrogen (secondary N) is 1. The Balaban J connectivity index is 1.75. The van der Waals surface area contributed by atoms with Gasteiger partial charge >= 0.3 is 0 Å². The molecule has 1 heteroatoms. The maximum absolute atomic E-state index is 3.73. The first-order chi connectivity index (χ1) is 8.18. The molecular formula is C16H23N. The van der Waals surface area contributed by atoms with Crippen LogP contribution in [0.4, 0.5) is 0 Å². The Morgan fingerprint density at radius 3 is 2.35 bits per heavy atom. The van der Waals surface area contributed by atoms with E-state index >= 15 is 0 Å². The van der Waals surface area contributed by atoms with Gasteiger partial charge in [-0.3, -0.25) is 0 Å². The molecule has 0 unspecified atom stereocenters. The van der Waals surface area contributed by atoms with Gasteiger partial charge in [0.15, 0.2) is 0 Å². The molecule has 0 bridgehead atoms. The normalized spacial score (nSPS) is 32.2. The van der Waals surface area contributed by atoms with Gasteiger partial charge in [0, 0.05) is 18.0 Å². The van der Waals surface area contributed by atoms with Crippen LogP contribution in [0.5, 0.6) is 0 Å². The third-order valence-electron chi connectivity index (χ3n) is 4.45. The zero-order valence-corrected chi connectivity index (χ0v) is 11.0. The standard InChI is InChI=1S/C16H23N/c1-12-3-5-14(6-4-12)16(9-13(2)10-16)11-17-15-7-8-15/h3-6,13,15,17H,7-11H2,1-2H3. The van der Waals surface area contributed by atoms with Crippen LogP contribution in [0.15, 0.2) is 24.3 Å². The molecule has 2 fully saturated rings. The van der Waals surface area contributed by atoms with Crippen LogP contribution in [0, 0.1) is 12.8 Å².